The van der Waals surface area contributed by atoms with E-state index in [1.807, 2.05) is 17.5 Å². The minimum atomic E-state index is -0.996. The van der Waals surface area contributed by atoms with Gasteiger partial charge in [-0.3, -0.25) is 9.59 Å². The maximum absolute atomic E-state index is 13.6. The summed E-state index contributed by atoms with van der Waals surface area (Å²) < 4.78 is 14.1. The Hall–Kier alpha value is -2.06. The van der Waals surface area contributed by atoms with Crippen molar-refractivity contribution in [2.24, 2.45) is 5.10 Å². The van der Waals surface area contributed by atoms with Gasteiger partial charge in [-0.2, -0.15) is 5.10 Å². The molecule has 5 nitrogen and oxygen atoms in total. The van der Waals surface area contributed by atoms with Gasteiger partial charge in [-0.25, -0.2) is 9.82 Å². The zero-order valence-corrected chi connectivity index (χ0v) is 13.8. The van der Waals surface area contributed by atoms with Gasteiger partial charge in [0, 0.05) is 9.35 Å². The van der Waals surface area contributed by atoms with Gasteiger partial charge in [-0.05, 0) is 36.6 Å². The molecular weight excluding hydrogens is 373 g/mol. The van der Waals surface area contributed by atoms with Crippen molar-refractivity contribution in [3.8, 4) is 0 Å². The van der Waals surface area contributed by atoms with Crippen LogP contribution in [-0.4, -0.2) is 17.5 Å². The van der Waals surface area contributed by atoms with Crippen LogP contribution < -0.4 is 10.7 Å². The summed E-state index contributed by atoms with van der Waals surface area (Å²) >= 11 is 4.56. The van der Waals surface area contributed by atoms with Crippen molar-refractivity contribution < 1.29 is 14.0 Å². The number of amides is 2. The van der Waals surface area contributed by atoms with Crippen molar-refractivity contribution in [2.75, 3.05) is 5.32 Å². The molecule has 1 aromatic carbocycles. The first kappa shape index (κ1) is 16.3. The predicted molar refractivity (Wildman–Crippen MR) is 87.4 cm³/mol. The van der Waals surface area contributed by atoms with Crippen molar-refractivity contribution in [3.05, 3.63) is 50.9 Å². The number of halogens is 2. The van der Waals surface area contributed by atoms with Crippen LogP contribution in [0.15, 0.2) is 45.3 Å². The molecule has 1 aromatic heterocycles. The van der Waals surface area contributed by atoms with E-state index in [1.54, 1.807) is 13.0 Å². The van der Waals surface area contributed by atoms with E-state index in [0.29, 0.717) is 10.2 Å². The van der Waals surface area contributed by atoms with Crippen molar-refractivity contribution >= 4 is 50.5 Å². The molecule has 0 bridgehead atoms. The lowest BCUT2D eigenvalue weighted by Crippen LogP contribution is -2.33. The summed E-state index contributed by atoms with van der Waals surface area (Å²) in [5, 5.41) is 7.89. The Morgan fingerprint density at radius 2 is 2.05 bits per heavy atom. The topological polar surface area (TPSA) is 70.6 Å². The number of hydrogen-bond donors (Lipinski definition) is 2. The van der Waals surface area contributed by atoms with Crippen LogP contribution in [-0.2, 0) is 9.59 Å². The predicted octanol–water partition coefficient (Wildman–Crippen LogP) is 3.13. The molecular formula is C14H11BrFN3O2S. The highest BCUT2D eigenvalue weighted by Crippen LogP contribution is 2.19. The molecule has 0 spiro atoms. The van der Waals surface area contributed by atoms with Crippen LogP contribution in [0.2, 0.25) is 0 Å². The van der Waals surface area contributed by atoms with Crippen molar-refractivity contribution in [1.29, 1.82) is 0 Å². The summed E-state index contributed by atoms with van der Waals surface area (Å²) in [5.74, 6) is -2.61. The summed E-state index contributed by atoms with van der Waals surface area (Å²) in [7, 11) is 0. The average Bonchev–Trinajstić information content (AvgIpc) is 3.01. The van der Waals surface area contributed by atoms with Crippen molar-refractivity contribution in [3.63, 3.8) is 0 Å². The van der Waals surface area contributed by atoms with Gasteiger partial charge in [-0.15, -0.1) is 11.3 Å². The van der Waals surface area contributed by atoms with Crippen LogP contribution in [0, 0.1) is 5.82 Å². The molecule has 2 aromatic rings. The van der Waals surface area contributed by atoms with Gasteiger partial charge in [0.05, 0.1) is 11.4 Å². The van der Waals surface area contributed by atoms with Crippen molar-refractivity contribution in [1.82, 2.24) is 5.43 Å². The van der Waals surface area contributed by atoms with E-state index >= 15 is 0 Å². The molecule has 2 amide bonds. The fraction of sp³-hybridized carbons (Fsp3) is 0.0714. The van der Waals surface area contributed by atoms with Gasteiger partial charge in [-0.1, -0.05) is 22.0 Å². The molecule has 0 aliphatic heterocycles. The molecule has 0 unspecified atom stereocenters. The van der Waals surface area contributed by atoms with Crippen LogP contribution in [0.1, 0.15) is 11.8 Å². The molecule has 2 rings (SSSR count). The van der Waals surface area contributed by atoms with Crippen molar-refractivity contribution in [2.45, 2.75) is 6.92 Å². The molecule has 0 saturated carbocycles. The largest absolute Gasteiger partial charge is 0.329 e. The molecule has 114 valence electrons. The van der Waals surface area contributed by atoms with Gasteiger partial charge in [0.15, 0.2) is 0 Å². The number of thiophene rings is 1. The van der Waals surface area contributed by atoms with Crippen LogP contribution in [0.4, 0.5) is 10.1 Å². The van der Waals surface area contributed by atoms with E-state index in [1.165, 1.54) is 23.5 Å². The Labute approximate surface area is 138 Å². The zero-order valence-electron chi connectivity index (χ0n) is 11.4. The Bertz CT molecular complexity index is 732. The second-order valence-corrected chi connectivity index (χ2v) is 6.06. The number of benzene rings is 1. The zero-order chi connectivity index (χ0) is 16.1. The van der Waals surface area contributed by atoms with Crippen LogP contribution >= 0.6 is 27.3 Å². The number of hydrogen-bond acceptors (Lipinski definition) is 4. The summed E-state index contributed by atoms with van der Waals surface area (Å²) in [4.78, 5) is 24.2. The average molecular weight is 384 g/mol. The van der Waals surface area contributed by atoms with E-state index in [2.05, 4.69) is 31.8 Å². The lowest BCUT2D eigenvalue weighted by molar-refractivity contribution is -0.136. The minimum Gasteiger partial charge on any atom is -0.315 e. The summed E-state index contributed by atoms with van der Waals surface area (Å²) in [6, 6.07) is 7.78. The quantitative estimate of drug-likeness (QED) is 0.485. The summed E-state index contributed by atoms with van der Waals surface area (Å²) in [6.45, 7) is 1.71. The Morgan fingerprint density at radius 3 is 2.68 bits per heavy atom. The maximum atomic E-state index is 13.6. The van der Waals surface area contributed by atoms with Gasteiger partial charge in [0.1, 0.15) is 5.82 Å². The number of carbonyl (C=O) groups is 2. The first-order valence-corrected chi connectivity index (χ1v) is 7.79. The molecule has 0 aliphatic rings. The minimum absolute atomic E-state index is 0.0812. The third kappa shape index (κ3) is 4.22. The molecule has 0 radical (unpaired) electrons. The highest BCUT2D eigenvalue weighted by molar-refractivity contribution is 9.10. The highest BCUT2D eigenvalue weighted by atomic mass is 79.9. The van der Waals surface area contributed by atoms with E-state index in [4.69, 9.17) is 0 Å². The number of hydrazone groups is 1. The fourth-order valence-corrected chi connectivity index (χ4v) is 2.51. The maximum Gasteiger partial charge on any atom is 0.329 e. The molecule has 8 heteroatoms. The third-order valence-corrected chi connectivity index (χ3v) is 4.06. The normalized spacial score (nSPS) is 11.1. The van der Waals surface area contributed by atoms with Gasteiger partial charge in [0.25, 0.3) is 0 Å². The number of carbonyl (C=O) groups excluding carboxylic acids is 2. The van der Waals surface area contributed by atoms with Crippen LogP contribution in [0.5, 0.6) is 0 Å². The highest BCUT2D eigenvalue weighted by Gasteiger charge is 2.15. The van der Waals surface area contributed by atoms with Crippen LogP contribution in [0.3, 0.4) is 0 Å². The van der Waals surface area contributed by atoms with E-state index < -0.39 is 17.6 Å². The number of nitrogens with zero attached hydrogens (tertiary/aromatic N) is 1. The molecule has 22 heavy (non-hydrogen) atoms. The first-order valence-electron chi connectivity index (χ1n) is 6.12. The monoisotopic (exact) mass is 383 g/mol. The molecule has 0 aliphatic carbocycles. The fourth-order valence-electron chi connectivity index (χ4n) is 1.49. The Kier molecular flexibility index (Phi) is 5.40. The summed E-state index contributed by atoms with van der Waals surface area (Å²) in [6.07, 6.45) is 0. The smallest absolute Gasteiger partial charge is 0.315 e. The number of nitrogens with one attached hydrogen (secondary N) is 2. The second kappa shape index (κ2) is 7.28. The van der Waals surface area contributed by atoms with Gasteiger partial charge < -0.3 is 5.32 Å². The van der Waals surface area contributed by atoms with E-state index in [9.17, 15) is 14.0 Å². The van der Waals surface area contributed by atoms with E-state index in [0.717, 1.165) is 4.88 Å². The first-order chi connectivity index (χ1) is 10.5. The molecule has 2 N–H and O–H groups in total. The third-order valence-electron chi connectivity index (χ3n) is 2.59. The SMILES string of the molecule is C/C(=N/NC(=O)C(=O)Nc1ccc(Br)cc1F)c1cccs1. The Balaban J connectivity index is 1.98. The number of rotatable bonds is 3. The van der Waals surface area contributed by atoms with Gasteiger partial charge >= 0.3 is 11.8 Å². The Morgan fingerprint density at radius 1 is 1.27 bits per heavy atom. The molecule has 0 saturated heterocycles. The second-order valence-electron chi connectivity index (χ2n) is 4.19. The molecule has 0 fully saturated rings. The lowest BCUT2D eigenvalue weighted by atomic mass is 10.3. The lowest BCUT2D eigenvalue weighted by Gasteiger charge is -2.06. The number of anilines is 1. The standard InChI is InChI=1S/C14H11BrFN3O2S/c1-8(12-3-2-6-22-12)18-19-14(21)13(20)17-11-5-4-9(15)7-10(11)16/h2-7H,1H3,(H,17,20)(H,19,21)/b18-8-. The molecule has 1 heterocycles. The van der Waals surface area contributed by atoms with Crippen LogP contribution in [0.25, 0.3) is 0 Å². The summed E-state index contributed by atoms with van der Waals surface area (Å²) in [5.41, 5.74) is 2.63. The van der Waals surface area contributed by atoms with E-state index in [-0.39, 0.29) is 5.69 Å². The van der Waals surface area contributed by atoms with Gasteiger partial charge in [0.2, 0.25) is 0 Å². The molecule has 0 atom stereocenters.